The van der Waals surface area contributed by atoms with Crippen molar-refractivity contribution in [2.45, 2.75) is 6.92 Å². The SMILES string of the molecule is CC(=O)c1nn(C)c(-c2ccc(Cl)cc2)c1O. The molecule has 2 rings (SSSR count). The lowest BCUT2D eigenvalue weighted by molar-refractivity contribution is 0.101. The van der Waals surface area contributed by atoms with Gasteiger partial charge in [-0.2, -0.15) is 5.10 Å². The average molecular weight is 251 g/mol. The lowest BCUT2D eigenvalue weighted by atomic mass is 10.1. The quantitative estimate of drug-likeness (QED) is 0.834. The van der Waals surface area contributed by atoms with Crippen molar-refractivity contribution in [3.05, 3.63) is 35.0 Å². The Morgan fingerprint density at radius 1 is 1.35 bits per heavy atom. The number of ketones is 1. The van der Waals surface area contributed by atoms with Crippen molar-refractivity contribution in [2.24, 2.45) is 7.05 Å². The third-order valence-electron chi connectivity index (χ3n) is 2.47. The minimum Gasteiger partial charge on any atom is -0.504 e. The summed E-state index contributed by atoms with van der Waals surface area (Å²) in [5.74, 6) is -0.361. The lowest BCUT2D eigenvalue weighted by Crippen LogP contribution is -1.97. The zero-order valence-electron chi connectivity index (χ0n) is 9.44. The number of carbonyl (C=O) groups excluding carboxylic acids is 1. The van der Waals surface area contributed by atoms with Crippen LogP contribution in [-0.4, -0.2) is 20.7 Å². The molecular weight excluding hydrogens is 240 g/mol. The fourth-order valence-electron chi connectivity index (χ4n) is 1.68. The molecule has 0 aliphatic heterocycles. The van der Waals surface area contributed by atoms with Crippen LogP contribution in [0.3, 0.4) is 0 Å². The maximum atomic E-state index is 11.3. The Hall–Kier alpha value is -1.81. The number of carbonyl (C=O) groups is 1. The van der Waals surface area contributed by atoms with Crippen LogP contribution in [0.25, 0.3) is 11.3 Å². The van der Waals surface area contributed by atoms with Gasteiger partial charge in [-0.05, 0) is 12.1 Å². The first-order valence-electron chi connectivity index (χ1n) is 5.03. The first-order chi connectivity index (χ1) is 8.00. The summed E-state index contributed by atoms with van der Waals surface area (Å²) in [7, 11) is 1.68. The average Bonchev–Trinajstić information content (AvgIpc) is 2.56. The summed E-state index contributed by atoms with van der Waals surface area (Å²) in [5, 5.41) is 14.6. The molecule has 0 saturated carbocycles. The van der Waals surface area contributed by atoms with Gasteiger partial charge in [-0.15, -0.1) is 0 Å². The topological polar surface area (TPSA) is 55.1 Å². The van der Waals surface area contributed by atoms with Crippen LogP contribution < -0.4 is 0 Å². The Labute approximate surface area is 103 Å². The van der Waals surface area contributed by atoms with Gasteiger partial charge < -0.3 is 5.11 Å². The molecule has 1 N–H and O–H groups in total. The number of Topliss-reactive ketones (excluding diaryl/α,β-unsaturated/α-hetero) is 1. The smallest absolute Gasteiger partial charge is 0.183 e. The van der Waals surface area contributed by atoms with E-state index < -0.39 is 0 Å². The normalized spacial score (nSPS) is 10.5. The predicted molar refractivity (Wildman–Crippen MR) is 65.3 cm³/mol. The molecule has 17 heavy (non-hydrogen) atoms. The Balaban J connectivity index is 2.59. The van der Waals surface area contributed by atoms with Crippen molar-refractivity contribution in [1.82, 2.24) is 9.78 Å². The van der Waals surface area contributed by atoms with Crippen molar-refractivity contribution in [2.75, 3.05) is 0 Å². The summed E-state index contributed by atoms with van der Waals surface area (Å²) >= 11 is 5.80. The van der Waals surface area contributed by atoms with Crippen LogP contribution in [0.4, 0.5) is 0 Å². The van der Waals surface area contributed by atoms with E-state index >= 15 is 0 Å². The third kappa shape index (κ3) is 2.03. The van der Waals surface area contributed by atoms with Crippen molar-refractivity contribution < 1.29 is 9.90 Å². The second-order valence-corrected chi connectivity index (χ2v) is 4.17. The summed E-state index contributed by atoms with van der Waals surface area (Å²) in [5.41, 5.74) is 1.35. The molecule has 1 aromatic heterocycles. The second kappa shape index (κ2) is 4.22. The standard InChI is InChI=1S/C12H11ClN2O2/c1-7(16)10-12(17)11(15(2)14-10)8-3-5-9(13)6-4-8/h3-6,17H,1-2H3. The highest BCUT2D eigenvalue weighted by molar-refractivity contribution is 6.30. The van der Waals surface area contributed by atoms with Gasteiger partial charge in [-0.1, -0.05) is 23.7 Å². The first kappa shape index (κ1) is 11.7. The van der Waals surface area contributed by atoms with Crippen LogP contribution in [0.2, 0.25) is 5.02 Å². The van der Waals surface area contributed by atoms with Gasteiger partial charge in [0.25, 0.3) is 0 Å². The Bertz CT molecular complexity index is 573. The maximum Gasteiger partial charge on any atom is 0.183 e. The van der Waals surface area contributed by atoms with E-state index in [1.165, 1.54) is 11.6 Å². The molecule has 1 heterocycles. The van der Waals surface area contributed by atoms with E-state index in [9.17, 15) is 9.90 Å². The fourth-order valence-corrected chi connectivity index (χ4v) is 1.81. The molecule has 0 spiro atoms. The first-order valence-corrected chi connectivity index (χ1v) is 5.41. The number of benzene rings is 1. The monoisotopic (exact) mass is 250 g/mol. The minimum atomic E-state index is -0.265. The lowest BCUT2D eigenvalue weighted by Gasteiger charge is -2.02. The van der Waals surface area contributed by atoms with E-state index in [2.05, 4.69) is 5.10 Å². The minimum absolute atomic E-state index is 0.0810. The van der Waals surface area contributed by atoms with Gasteiger partial charge >= 0.3 is 0 Å². The van der Waals surface area contributed by atoms with Crippen LogP contribution in [-0.2, 0) is 7.05 Å². The van der Waals surface area contributed by atoms with Crippen molar-refractivity contribution in [1.29, 1.82) is 0 Å². The number of aromatic hydroxyl groups is 1. The Morgan fingerprint density at radius 3 is 2.41 bits per heavy atom. The molecular formula is C12H11ClN2O2. The maximum absolute atomic E-state index is 11.3. The molecule has 4 nitrogen and oxygen atoms in total. The zero-order valence-corrected chi connectivity index (χ0v) is 10.2. The molecule has 0 aliphatic carbocycles. The number of aromatic nitrogens is 2. The Morgan fingerprint density at radius 2 is 1.94 bits per heavy atom. The van der Waals surface area contributed by atoms with Crippen LogP contribution in [0.5, 0.6) is 5.75 Å². The molecule has 0 amide bonds. The van der Waals surface area contributed by atoms with Crippen molar-refractivity contribution >= 4 is 17.4 Å². The summed E-state index contributed by atoms with van der Waals surface area (Å²) in [4.78, 5) is 11.3. The number of halogens is 1. The van der Waals surface area contributed by atoms with E-state index in [0.717, 1.165) is 5.56 Å². The number of aryl methyl sites for hydroxylation is 1. The molecule has 0 radical (unpaired) electrons. The van der Waals surface area contributed by atoms with Gasteiger partial charge in [0.05, 0.1) is 0 Å². The number of nitrogens with zero attached hydrogens (tertiary/aromatic N) is 2. The molecule has 2 aromatic rings. The van der Waals surface area contributed by atoms with Gasteiger partial charge in [0, 0.05) is 24.6 Å². The van der Waals surface area contributed by atoms with E-state index in [1.807, 2.05) is 0 Å². The van der Waals surface area contributed by atoms with Gasteiger partial charge in [0.2, 0.25) is 0 Å². The van der Waals surface area contributed by atoms with Crippen molar-refractivity contribution in [3.63, 3.8) is 0 Å². The van der Waals surface area contributed by atoms with Gasteiger partial charge in [0.1, 0.15) is 5.69 Å². The summed E-state index contributed by atoms with van der Waals surface area (Å²) in [6.45, 7) is 1.37. The highest BCUT2D eigenvalue weighted by atomic mass is 35.5. The van der Waals surface area contributed by atoms with E-state index in [0.29, 0.717) is 10.7 Å². The molecule has 0 fully saturated rings. The predicted octanol–water partition coefficient (Wildman–Crippen LogP) is 2.65. The molecule has 0 aliphatic rings. The highest BCUT2D eigenvalue weighted by Crippen LogP contribution is 2.32. The van der Waals surface area contributed by atoms with Crippen LogP contribution >= 0.6 is 11.6 Å². The van der Waals surface area contributed by atoms with E-state index in [4.69, 9.17) is 11.6 Å². The van der Waals surface area contributed by atoms with Gasteiger partial charge in [-0.25, -0.2) is 0 Å². The summed E-state index contributed by atoms with van der Waals surface area (Å²) in [6.07, 6.45) is 0. The summed E-state index contributed by atoms with van der Waals surface area (Å²) in [6, 6.07) is 6.97. The van der Waals surface area contributed by atoms with E-state index in [1.54, 1.807) is 31.3 Å². The largest absolute Gasteiger partial charge is 0.504 e. The van der Waals surface area contributed by atoms with E-state index in [-0.39, 0.29) is 17.2 Å². The molecule has 0 unspecified atom stereocenters. The van der Waals surface area contributed by atoms with Crippen LogP contribution in [0.1, 0.15) is 17.4 Å². The summed E-state index contributed by atoms with van der Waals surface area (Å²) < 4.78 is 1.48. The highest BCUT2D eigenvalue weighted by Gasteiger charge is 2.19. The van der Waals surface area contributed by atoms with Crippen molar-refractivity contribution in [3.8, 4) is 17.0 Å². The second-order valence-electron chi connectivity index (χ2n) is 3.73. The fraction of sp³-hybridized carbons (Fsp3) is 0.167. The molecule has 0 atom stereocenters. The van der Waals surface area contributed by atoms with Gasteiger partial charge in [0.15, 0.2) is 17.2 Å². The zero-order chi connectivity index (χ0) is 12.6. The van der Waals surface area contributed by atoms with Gasteiger partial charge in [-0.3, -0.25) is 9.48 Å². The number of rotatable bonds is 2. The van der Waals surface area contributed by atoms with Crippen LogP contribution in [0, 0.1) is 0 Å². The molecule has 1 aromatic carbocycles. The third-order valence-corrected chi connectivity index (χ3v) is 2.73. The number of hydrogen-bond donors (Lipinski definition) is 1. The number of hydrogen-bond acceptors (Lipinski definition) is 3. The Kier molecular flexibility index (Phi) is 2.90. The van der Waals surface area contributed by atoms with Crippen LogP contribution in [0.15, 0.2) is 24.3 Å². The molecule has 88 valence electrons. The molecule has 0 saturated heterocycles. The molecule has 5 heteroatoms. The molecule has 0 bridgehead atoms.